The van der Waals surface area contributed by atoms with E-state index in [2.05, 4.69) is 10.3 Å². The van der Waals surface area contributed by atoms with Gasteiger partial charge in [-0.3, -0.25) is 9.63 Å². The number of aryl methyl sites for hydroxylation is 2. The number of carbonyl (C=O) groups excluding carboxylic acids is 1. The predicted molar refractivity (Wildman–Crippen MR) is 116 cm³/mol. The van der Waals surface area contributed by atoms with Crippen LogP contribution in [0.1, 0.15) is 18.7 Å². The van der Waals surface area contributed by atoms with Crippen LogP contribution < -0.4 is 5.32 Å². The molecule has 1 aliphatic heterocycles. The monoisotopic (exact) mass is 485 g/mol. The maximum Gasteiger partial charge on any atom is 0.264 e. The van der Waals surface area contributed by atoms with Gasteiger partial charge in [0, 0.05) is 45.0 Å². The van der Waals surface area contributed by atoms with Crippen LogP contribution >= 0.6 is 0 Å². The van der Waals surface area contributed by atoms with E-state index < -0.39 is 20.0 Å². The molecule has 1 saturated heterocycles. The first-order valence-corrected chi connectivity index (χ1v) is 12.8. The van der Waals surface area contributed by atoms with Crippen molar-refractivity contribution in [3.63, 3.8) is 0 Å². The van der Waals surface area contributed by atoms with Crippen LogP contribution in [-0.4, -0.2) is 68.3 Å². The number of sulfonamides is 2. The summed E-state index contributed by atoms with van der Waals surface area (Å²) < 4.78 is 53.8. The minimum absolute atomic E-state index is 0.00885. The number of aromatic nitrogens is 2. The zero-order valence-corrected chi connectivity index (χ0v) is 20.0. The molecule has 1 amide bonds. The number of rotatable bonds is 7. The molecule has 32 heavy (non-hydrogen) atoms. The van der Waals surface area contributed by atoms with Gasteiger partial charge in [-0.15, -0.1) is 0 Å². The third-order valence-corrected chi connectivity index (χ3v) is 8.99. The predicted octanol–water partition coefficient (Wildman–Crippen LogP) is 0.950. The summed E-state index contributed by atoms with van der Waals surface area (Å²) in [7, 11) is -3.20. The van der Waals surface area contributed by atoms with Crippen LogP contribution in [0.15, 0.2) is 40.4 Å². The fraction of sp³-hybridized carbons (Fsp3) is 0.474. The minimum Gasteiger partial charge on any atom is -0.337 e. The SMILES string of the molecule is CON(C)S(=O)(=O)c1ccc(NC(=O)C2CCN(S(=O)(=O)c3cn(C)c(C)n3)CC2)cc1. The Kier molecular flexibility index (Phi) is 7.05. The minimum atomic E-state index is -3.77. The van der Waals surface area contributed by atoms with E-state index in [0.29, 0.717) is 24.4 Å². The third-order valence-electron chi connectivity index (χ3n) is 5.53. The highest BCUT2D eigenvalue weighted by Crippen LogP contribution is 2.25. The molecule has 13 heteroatoms. The van der Waals surface area contributed by atoms with Crippen molar-refractivity contribution < 1.29 is 26.5 Å². The normalized spacial score (nSPS) is 16.4. The van der Waals surface area contributed by atoms with Crippen LogP contribution in [0.4, 0.5) is 5.69 Å². The zero-order valence-electron chi connectivity index (χ0n) is 18.3. The van der Waals surface area contributed by atoms with Crippen molar-refractivity contribution in [3.8, 4) is 0 Å². The Bertz CT molecular complexity index is 1160. The van der Waals surface area contributed by atoms with Gasteiger partial charge in [-0.25, -0.2) is 21.8 Å². The Hall–Kier alpha value is -2.32. The number of hydrogen-bond donors (Lipinski definition) is 1. The first kappa shape index (κ1) is 24.3. The second kappa shape index (κ2) is 9.27. The van der Waals surface area contributed by atoms with Gasteiger partial charge in [0.15, 0.2) is 5.03 Å². The Labute approximate surface area is 188 Å². The molecule has 0 atom stereocenters. The van der Waals surface area contributed by atoms with Gasteiger partial charge in [0.05, 0.1) is 12.0 Å². The molecule has 1 aromatic heterocycles. The van der Waals surface area contributed by atoms with Crippen molar-refractivity contribution >= 4 is 31.6 Å². The molecule has 1 fully saturated rings. The first-order chi connectivity index (χ1) is 15.0. The van der Waals surface area contributed by atoms with E-state index in [9.17, 15) is 21.6 Å². The molecular weight excluding hydrogens is 458 g/mol. The number of benzene rings is 1. The third kappa shape index (κ3) is 4.86. The molecule has 176 valence electrons. The highest BCUT2D eigenvalue weighted by molar-refractivity contribution is 7.89. The molecule has 1 N–H and O–H groups in total. The van der Waals surface area contributed by atoms with Crippen LogP contribution in [0.2, 0.25) is 0 Å². The summed E-state index contributed by atoms with van der Waals surface area (Å²) in [5, 5.41) is 2.78. The quantitative estimate of drug-likeness (QED) is 0.578. The second-order valence-corrected chi connectivity index (χ2v) is 11.3. The lowest BCUT2D eigenvalue weighted by atomic mass is 9.97. The summed E-state index contributed by atoms with van der Waals surface area (Å²) in [5.41, 5.74) is 0.452. The van der Waals surface area contributed by atoms with Crippen LogP contribution in [0.25, 0.3) is 0 Å². The number of imidazole rings is 1. The second-order valence-electron chi connectivity index (χ2n) is 7.53. The number of nitrogens with zero attached hydrogens (tertiary/aromatic N) is 4. The molecule has 0 radical (unpaired) electrons. The molecule has 1 aliphatic rings. The largest absolute Gasteiger partial charge is 0.337 e. The Morgan fingerprint density at radius 3 is 2.25 bits per heavy atom. The lowest BCUT2D eigenvalue weighted by molar-refractivity contribution is -0.120. The molecule has 0 saturated carbocycles. The fourth-order valence-electron chi connectivity index (χ4n) is 3.34. The summed E-state index contributed by atoms with van der Waals surface area (Å²) in [6.45, 7) is 2.17. The van der Waals surface area contributed by atoms with Gasteiger partial charge >= 0.3 is 0 Å². The van der Waals surface area contributed by atoms with E-state index in [0.717, 1.165) is 4.47 Å². The van der Waals surface area contributed by atoms with Crippen LogP contribution in [0.5, 0.6) is 0 Å². The molecule has 11 nitrogen and oxygen atoms in total. The van der Waals surface area contributed by atoms with E-state index >= 15 is 0 Å². The molecule has 0 bridgehead atoms. The van der Waals surface area contributed by atoms with Gasteiger partial charge in [0.25, 0.3) is 20.0 Å². The maximum atomic E-state index is 12.8. The maximum absolute atomic E-state index is 12.8. The van der Waals surface area contributed by atoms with Crippen LogP contribution in [0.3, 0.4) is 0 Å². The van der Waals surface area contributed by atoms with E-state index in [-0.39, 0.29) is 34.8 Å². The van der Waals surface area contributed by atoms with Gasteiger partial charge in [0.2, 0.25) is 5.91 Å². The van der Waals surface area contributed by atoms with Crippen molar-refractivity contribution in [2.24, 2.45) is 13.0 Å². The fourth-order valence-corrected chi connectivity index (χ4v) is 5.81. The standard InChI is InChI=1S/C19H27N5O6S2/c1-14-20-18(13-22(14)2)32(28,29)24-11-9-15(10-12-24)19(25)21-16-5-7-17(8-6-16)31(26,27)23(3)30-4/h5-8,13,15H,9-12H2,1-4H3,(H,21,25). The number of carbonyl (C=O) groups is 1. The van der Waals surface area contributed by atoms with Crippen molar-refractivity contribution in [3.05, 3.63) is 36.3 Å². The molecule has 2 heterocycles. The van der Waals surface area contributed by atoms with E-state index in [4.69, 9.17) is 4.84 Å². The molecule has 0 spiro atoms. The molecule has 1 aromatic carbocycles. The number of hydrogen-bond acceptors (Lipinski definition) is 7. The summed E-state index contributed by atoms with van der Waals surface area (Å²) in [6, 6.07) is 5.75. The average Bonchev–Trinajstić information content (AvgIpc) is 3.12. The lowest BCUT2D eigenvalue weighted by Crippen LogP contribution is -2.41. The number of piperidine rings is 1. The highest BCUT2D eigenvalue weighted by atomic mass is 32.2. The Morgan fingerprint density at radius 1 is 1.16 bits per heavy atom. The average molecular weight is 486 g/mol. The molecule has 0 aliphatic carbocycles. The molecule has 0 unspecified atom stereocenters. The lowest BCUT2D eigenvalue weighted by Gasteiger charge is -2.29. The number of hydroxylamine groups is 1. The van der Waals surface area contributed by atoms with E-state index in [1.54, 1.807) is 18.5 Å². The van der Waals surface area contributed by atoms with Crippen molar-refractivity contribution in [1.29, 1.82) is 0 Å². The molecule has 2 aromatic rings. The van der Waals surface area contributed by atoms with Crippen LogP contribution in [0, 0.1) is 12.8 Å². The molecular formula is C19H27N5O6S2. The highest BCUT2D eigenvalue weighted by Gasteiger charge is 2.33. The van der Waals surface area contributed by atoms with E-state index in [1.165, 1.54) is 48.9 Å². The summed E-state index contributed by atoms with van der Waals surface area (Å²) in [5.74, 6) is 0.0146. The van der Waals surface area contributed by atoms with Gasteiger partial charge in [-0.1, -0.05) is 4.47 Å². The van der Waals surface area contributed by atoms with Gasteiger partial charge in [0.1, 0.15) is 5.82 Å². The van der Waals surface area contributed by atoms with Crippen molar-refractivity contribution in [2.75, 3.05) is 32.6 Å². The first-order valence-electron chi connectivity index (χ1n) is 9.91. The molecule has 3 rings (SSSR count). The summed E-state index contributed by atoms with van der Waals surface area (Å²) in [4.78, 5) is 21.5. The smallest absolute Gasteiger partial charge is 0.264 e. The van der Waals surface area contributed by atoms with Crippen LogP contribution in [-0.2, 0) is 36.7 Å². The van der Waals surface area contributed by atoms with Gasteiger partial charge in [-0.2, -0.15) is 4.31 Å². The number of nitrogens with one attached hydrogen (secondary N) is 1. The van der Waals surface area contributed by atoms with E-state index in [1.807, 2.05) is 0 Å². The number of amides is 1. The summed E-state index contributed by atoms with van der Waals surface area (Å²) in [6.07, 6.45) is 2.24. The zero-order chi connectivity index (χ0) is 23.7. The van der Waals surface area contributed by atoms with Crippen molar-refractivity contribution in [1.82, 2.24) is 18.3 Å². The topological polar surface area (TPSA) is 131 Å². The number of anilines is 1. The Balaban J connectivity index is 1.60. The Morgan fingerprint density at radius 2 is 1.75 bits per heavy atom. The summed E-state index contributed by atoms with van der Waals surface area (Å²) >= 11 is 0. The van der Waals surface area contributed by atoms with Gasteiger partial charge in [-0.05, 0) is 44.0 Å². The van der Waals surface area contributed by atoms with Crippen molar-refractivity contribution in [2.45, 2.75) is 29.7 Å². The van der Waals surface area contributed by atoms with Gasteiger partial charge < -0.3 is 9.88 Å².